The van der Waals surface area contributed by atoms with Gasteiger partial charge in [0.2, 0.25) is 5.82 Å². The van der Waals surface area contributed by atoms with E-state index in [9.17, 15) is 8.78 Å². The van der Waals surface area contributed by atoms with Crippen LogP contribution in [0.2, 0.25) is 0 Å². The van der Waals surface area contributed by atoms with Gasteiger partial charge in [0.05, 0.1) is 12.7 Å². The van der Waals surface area contributed by atoms with Crippen LogP contribution < -0.4 is 4.74 Å². The van der Waals surface area contributed by atoms with Gasteiger partial charge in [0.25, 0.3) is 0 Å². The third kappa shape index (κ3) is 7.89. The van der Waals surface area contributed by atoms with Gasteiger partial charge >= 0.3 is 0 Å². The van der Waals surface area contributed by atoms with Gasteiger partial charge in [0.15, 0.2) is 11.6 Å². The lowest BCUT2D eigenvalue weighted by Gasteiger charge is -2.05. The Hall–Kier alpha value is -2.34. The molecular formula is C26H32F2O. The molecule has 0 aliphatic rings. The van der Waals surface area contributed by atoms with Gasteiger partial charge in [-0.2, -0.15) is 4.39 Å². The minimum absolute atomic E-state index is 0.153. The van der Waals surface area contributed by atoms with Crippen LogP contribution in [0, 0.1) is 23.5 Å². The Morgan fingerprint density at radius 3 is 2.00 bits per heavy atom. The molecule has 156 valence electrons. The average molecular weight is 399 g/mol. The molecule has 3 heteroatoms. The van der Waals surface area contributed by atoms with Crippen LogP contribution in [0.3, 0.4) is 0 Å². The van der Waals surface area contributed by atoms with Gasteiger partial charge in [-0.3, -0.25) is 0 Å². The SMILES string of the molecule is CCCCCCCCCCCc1ccc(C#Cc2ccc(F)c(F)c2OC)cc1. The van der Waals surface area contributed by atoms with Crippen molar-refractivity contribution in [3.63, 3.8) is 0 Å². The molecule has 0 bridgehead atoms. The van der Waals surface area contributed by atoms with Gasteiger partial charge < -0.3 is 4.74 Å². The van der Waals surface area contributed by atoms with Crippen molar-refractivity contribution in [2.75, 3.05) is 7.11 Å². The van der Waals surface area contributed by atoms with Gasteiger partial charge in [-0.05, 0) is 42.7 Å². The molecule has 0 N–H and O–H groups in total. The van der Waals surface area contributed by atoms with Gasteiger partial charge in [-0.1, -0.05) is 82.3 Å². The molecule has 2 rings (SSSR count). The van der Waals surface area contributed by atoms with Gasteiger partial charge in [-0.25, -0.2) is 4.39 Å². The van der Waals surface area contributed by atoms with Crippen molar-refractivity contribution in [3.05, 3.63) is 64.7 Å². The maximum atomic E-state index is 13.7. The molecule has 0 fully saturated rings. The fourth-order valence-corrected chi connectivity index (χ4v) is 3.36. The molecule has 0 amide bonds. The maximum Gasteiger partial charge on any atom is 0.201 e. The van der Waals surface area contributed by atoms with E-state index in [1.807, 2.05) is 12.1 Å². The largest absolute Gasteiger partial charge is 0.492 e. The highest BCUT2D eigenvalue weighted by Gasteiger charge is 2.12. The highest BCUT2D eigenvalue weighted by atomic mass is 19.2. The monoisotopic (exact) mass is 398 g/mol. The lowest BCUT2D eigenvalue weighted by molar-refractivity contribution is 0.370. The van der Waals surface area contributed by atoms with E-state index < -0.39 is 11.6 Å². The molecule has 0 radical (unpaired) electrons. The molecule has 2 aromatic rings. The smallest absolute Gasteiger partial charge is 0.201 e. The van der Waals surface area contributed by atoms with Crippen LogP contribution in [0.4, 0.5) is 8.78 Å². The highest BCUT2D eigenvalue weighted by Crippen LogP contribution is 2.24. The molecule has 2 aromatic carbocycles. The second kappa shape index (κ2) is 13.0. The Labute approximate surface area is 174 Å². The average Bonchev–Trinajstić information content (AvgIpc) is 2.74. The molecule has 0 saturated carbocycles. The second-order valence-electron chi connectivity index (χ2n) is 7.47. The minimum atomic E-state index is -1.00. The zero-order valence-corrected chi connectivity index (χ0v) is 17.7. The number of hydrogen-bond acceptors (Lipinski definition) is 1. The van der Waals surface area contributed by atoms with E-state index in [2.05, 4.69) is 30.9 Å². The zero-order chi connectivity index (χ0) is 20.9. The van der Waals surface area contributed by atoms with E-state index in [0.717, 1.165) is 18.1 Å². The normalized spacial score (nSPS) is 10.5. The Morgan fingerprint density at radius 1 is 0.759 bits per heavy atom. The summed E-state index contributed by atoms with van der Waals surface area (Å²) in [6, 6.07) is 10.6. The molecule has 0 spiro atoms. The van der Waals surface area contributed by atoms with Crippen molar-refractivity contribution in [2.24, 2.45) is 0 Å². The number of benzene rings is 2. The number of ether oxygens (including phenoxy) is 1. The summed E-state index contributed by atoms with van der Waals surface area (Å²) in [5.41, 5.74) is 2.49. The van der Waals surface area contributed by atoms with Crippen LogP contribution in [0.15, 0.2) is 36.4 Å². The summed E-state index contributed by atoms with van der Waals surface area (Å²) < 4.78 is 32.0. The highest BCUT2D eigenvalue weighted by molar-refractivity contribution is 5.50. The Kier molecular flexibility index (Phi) is 10.3. The first-order valence-corrected chi connectivity index (χ1v) is 10.8. The van der Waals surface area contributed by atoms with Crippen LogP contribution in [-0.2, 0) is 6.42 Å². The van der Waals surface area contributed by atoms with Crippen LogP contribution in [0.25, 0.3) is 0 Å². The number of unbranched alkanes of at least 4 members (excludes halogenated alkanes) is 8. The number of aryl methyl sites for hydroxylation is 1. The molecule has 0 heterocycles. The lowest BCUT2D eigenvalue weighted by Crippen LogP contribution is -1.95. The summed E-state index contributed by atoms with van der Waals surface area (Å²) in [5.74, 6) is 3.77. The predicted octanol–water partition coefficient (Wildman–Crippen LogP) is 7.45. The zero-order valence-electron chi connectivity index (χ0n) is 17.7. The van der Waals surface area contributed by atoms with E-state index in [1.165, 1.54) is 76.5 Å². The molecular weight excluding hydrogens is 366 g/mol. The molecule has 0 aliphatic carbocycles. The number of hydrogen-bond donors (Lipinski definition) is 0. The summed E-state index contributed by atoms with van der Waals surface area (Å²) in [7, 11) is 1.31. The van der Waals surface area contributed by atoms with Gasteiger partial charge in [-0.15, -0.1) is 0 Å². The molecule has 0 saturated heterocycles. The first-order valence-electron chi connectivity index (χ1n) is 10.8. The number of halogens is 2. The quantitative estimate of drug-likeness (QED) is 0.282. The number of methoxy groups -OCH3 is 1. The summed E-state index contributed by atoms with van der Waals surface area (Å²) in [6.07, 6.45) is 13.1. The van der Waals surface area contributed by atoms with Gasteiger partial charge in [0.1, 0.15) is 0 Å². The topological polar surface area (TPSA) is 9.23 Å². The van der Waals surface area contributed by atoms with Gasteiger partial charge in [0, 0.05) is 5.56 Å². The van der Waals surface area contributed by atoms with E-state index in [0.29, 0.717) is 5.56 Å². The summed E-state index contributed by atoms with van der Waals surface area (Å²) in [4.78, 5) is 0. The van der Waals surface area contributed by atoms with E-state index in [1.54, 1.807) is 0 Å². The van der Waals surface area contributed by atoms with Crippen LogP contribution >= 0.6 is 0 Å². The molecule has 0 aromatic heterocycles. The van der Waals surface area contributed by atoms with E-state index in [4.69, 9.17) is 4.74 Å². The Bertz CT molecular complexity index is 800. The predicted molar refractivity (Wildman–Crippen MR) is 116 cm³/mol. The standard InChI is InChI=1S/C26H32F2O/c1-3-4-5-6-7-8-9-10-11-12-21-13-15-22(16-14-21)17-18-23-19-20-24(27)25(28)26(23)29-2/h13-16,19-20H,3-12H2,1-2H3. The van der Waals surface area contributed by atoms with E-state index in [-0.39, 0.29) is 5.75 Å². The minimum Gasteiger partial charge on any atom is -0.492 e. The van der Waals surface area contributed by atoms with Crippen LogP contribution in [0.5, 0.6) is 5.75 Å². The van der Waals surface area contributed by atoms with E-state index >= 15 is 0 Å². The maximum absolute atomic E-state index is 13.7. The third-order valence-electron chi connectivity index (χ3n) is 5.12. The van der Waals surface area contributed by atoms with Crippen molar-refractivity contribution in [3.8, 4) is 17.6 Å². The molecule has 0 atom stereocenters. The first-order chi connectivity index (χ1) is 14.2. The molecule has 0 unspecified atom stereocenters. The Morgan fingerprint density at radius 2 is 1.38 bits per heavy atom. The van der Waals surface area contributed by atoms with Crippen molar-refractivity contribution in [2.45, 2.75) is 71.1 Å². The Balaban J connectivity index is 1.77. The summed E-state index contributed by atoms with van der Waals surface area (Å²) in [6.45, 7) is 2.25. The van der Waals surface area contributed by atoms with Crippen LogP contribution in [-0.4, -0.2) is 7.11 Å². The fraction of sp³-hybridized carbons (Fsp3) is 0.462. The molecule has 29 heavy (non-hydrogen) atoms. The van der Waals surface area contributed by atoms with Crippen molar-refractivity contribution >= 4 is 0 Å². The molecule has 1 nitrogen and oxygen atoms in total. The van der Waals surface area contributed by atoms with Crippen molar-refractivity contribution < 1.29 is 13.5 Å². The second-order valence-corrected chi connectivity index (χ2v) is 7.47. The third-order valence-corrected chi connectivity index (χ3v) is 5.12. The number of rotatable bonds is 11. The summed E-state index contributed by atoms with van der Waals surface area (Å²) >= 11 is 0. The van der Waals surface area contributed by atoms with Crippen LogP contribution in [0.1, 0.15) is 81.4 Å². The fourth-order valence-electron chi connectivity index (χ4n) is 3.36. The van der Waals surface area contributed by atoms with Crippen molar-refractivity contribution in [1.82, 2.24) is 0 Å². The lowest BCUT2D eigenvalue weighted by atomic mass is 10.0. The van der Waals surface area contributed by atoms with Crippen molar-refractivity contribution in [1.29, 1.82) is 0 Å². The summed E-state index contributed by atoms with van der Waals surface area (Å²) in [5, 5.41) is 0. The first kappa shape index (κ1) is 22.9. The molecule has 0 aliphatic heterocycles.